The van der Waals surface area contributed by atoms with Crippen LogP contribution in [-0.2, 0) is 6.54 Å². The number of hydrogen-bond acceptors (Lipinski definition) is 3. The maximum absolute atomic E-state index is 5.85. The Hall–Kier alpha value is -1.09. The van der Waals surface area contributed by atoms with Crippen LogP contribution in [0, 0.1) is 0 Å². The van der Waals surface area contributed by atoms with E-state index in [1.54, 1.807) is 6.20 Å². The molecule has 1 atom stereocenters. The van der Waals surface area contributed by atoms with Crippen LogP contribution in [0.3, 0.4) is 0 Å². The van der Waals surface area contributed by atoms with Gasteiger partial charge in [-0.05, 0) is 32.5 Å². The van der Waals surface area contributed by atoms with Crippen molar-refractivity contribution >= 4 is 5.69 Å². The second-order valence-electron chi connectivity index (χ2n) is 4.09. The Morgan fingerprint density at radius 2 is 2.27 bits per heavy atom. The van der Waals surface area contributed by atoms with Crippen molar-refractivity contribution < 1.29 is 0 Å². The summed E-state index contributed by atoms with van der Waals surface area (Å²) in [6.45, 7) is 5.27. The van der Waals surface area contributed by atoms with Crippen LogP contribution in [0.5, 0.6) is 0 Å². The van der Waals surface area contributed by atoms with Crippen LogP contribution in [0.25, 0.3) is 0 Å². The topological polar surface area (TPSA) is 42.2 Å². The van der Waals surface area contributed by atoms with Crippen LogP contribution < -0.4 is 5.73 Å². The van der Waals surface area contributed by atoms with Gasteiger partial charge >= 0.3 is 0 Å². The highest BCUT2D eigenvalue weighted by Gasteiger charge is 2.10. The predicted octanol–water partition coefficient (Wildman–Crippen LogP) is 2.28. The van der Waals surface area contributed by atoms with E-state index >= 15 is 0 Å². The van der Waals surface area contributed by atoms with Gasteiger partial charge in [-0.2, -0.15) is 0 Å². The van der Waals surface area contributed by atoms with Gasteiger partial charge < -0.3 is 5.73 Å². The summed E-state index contributed by atoms with van der Waals surface area (Å²) in [5.41, 5.74) is 7.61. The van der Waals surface area contributed by atoms with E-state index in [9.17, 15) is 0 Å². The lowest BCUT2D eigenvalue weighted by Gasteiger charge is -2.24. The highest BCUT2D eigenvalue weighted by atomic mass is 15.1. The fourth-order valence-corrected chi connectivity index (χ4v) is 1.61. The summed E-state index contributed by atoms with van der Waals surface area (Å²) in [5.74, 6) is 0. The molecule has 0 saturated carbocycles. The largest absolute Gasteiger partial charge is 0.397 e. The number of nitrogen functional groups attached to an aromatic ring is 1. The Balaban J connectivity index is 2.58. The van der Waals surface area contributed by atoms with Gasteiger partial charge in [0.2, 0.25) is 0 Å². The van der Waals surface area contributed by atoms with Crippen LogP contribution in [0.1, 0.15) is 32.4 Å². The van der Waals surface area contributed by atoms with Gasteiger partial charge in [-0.1, -0.05) is 13.3 Å². The van der Waals surface area contributed by atoms with Crippen LogP contribution in [0.15, 0.2) is 18.3 Å². The Bertz CT molecular complexity index is 299. The van der Waals surface area contributed by atoms with E-state index in [0.717, 1.165) is 17.9 Å². The monoisotopic (exact) mass is 207 g/mol. The van der Waals surface area contributed by atoms with E-state index in [1.807, 2.05) is 12.1 Å². The molecule has 84 valence electrons. The minimum Gasteiger partial charge on any atom is -0.397 e. The van der Waals surface area contributed by atoms with Crippen molar-refractivity contribution in [3.05, 3.63) is 24.0 Å². The standard InChI is InChI=1S/C12H21N3/c1-4-6-10(2)15(3)9-12-11(13)7-5-8-14-12/h5,7-8,10H,4,6,9,13H2,1-3H3. The van der Waals surface area contributed by atoms with Crippen molar-refractivity contribution in [3.8, 4) is 0 Å². The number of nitrogens with zero attached hydrogens (tertiary/aromatic N) is 2. The summed E-state index contributed by atoms with van der Waals surface area (Å²) >= 11 is 0. The van der Waals surface area contributed by atoms with Crippen molar-refractivity contribution in [2.45, 2.75) is 39.3 Å². The molecule has 0 bridgehead atoms. The Labute approximate surface area is 92.3 Å². The van der Waals surface area contributed by atoms with Crippen molar-refractivity contribution in [1.29, 1.82) is 0 Å². The molecule has 1 unspecified atom stereocenters. The van der Waals surface area contributed by atoms with E-state index in [0.29, 0.717) is 6.04 Å². The van der Waals surface area contributed by atoms with Gasteiger partial charge in [-0.25, -0.2) is 0 Å². The predicted molar refractivity (Wildman–Crippen MR) is 64.5 cm³/mol. The summed E-state index contributed by atoms with van der Waals surface area (Å²) in [7, 11) is 2.12. The zero-order chi connectivity index (χ0) is 11.3. The molecule has 15 heavy (non-hydrogen) atoms. The number of pyridine rings is 1. The molecule has 0 aliphatic carbocycles. The molecule has 1 aromatic heterocycles. The average Bonchev–Trinajstić information content (AvgIpc) is 2.21. The molecule has 0 fully saturated rings. The van der Waals surface area contributed by atoms with Crippen molar-refractivity contribution in [2.75, 3.05) is 12.8 Å². The van der Waals surface area contributed by atoms with Gasteiger partial charge in [0.15, 0.2) is 0 Å². The summed E-state index contributed by atoms with van der Waals surface area (Å²) in [6, 6.07) is 4.35. The van der Waals surface area contributed by atoms with Gasteiger partial charge in [0.1, 0.15) is 0 Å². The first-order valence-electron chi connectivity index (χ1n) is 5.54. The number of aromatic nitrogens is 1. The number of hydrogen-bond donors (Lipinski definition) is 1. The second-order valence-corrected chi connectivity index (χ2v) is 4.09. The van der Waals surface area contributed by atoms with Crippen molar-refractivity contribution in [2.24, 2.45) is 0 Å². The number of nitrogens with two attached hydrogens (primary N) is 1. The molecule has 0 saturated heterocycles. The smallest absolute Gasteiger partial charge is 0.0772 e. The first-order valence-corrected chi connectivity index (χ1v) is 5.54. The molecule has 0 aliphatic heterocycles. The van der Waals surface area contributed by atoms with Crippen molar-refractivity contribution in [3.63, 3.8) is 0 Å². The van der Waals surface area contributed by atoms with Crippen LogP contribution in [0.4, 0.5) is 5.69 Å². The maximum Gasteiger partial charge on any atom is 0.0772 e. The average molecular weight is 207 g/mol. The molecule has 3 nitrogen and oxygen atoms in total. The van der Waals surface area contributed by atoms with E-state index in [1.165, 1.54) is 12.8 Å². The third kappa shape index (κ3) is 3.51. The normalized spacial score (nSPS) is 13.1. The fourth-order valence-electron chi connectivity index (χ4n) is 1.61. The van der Waals surface area contributed by atoms with E-state index in [2.05, 4.69) is 30.8 Å². The molecule has 1 heterocycles. The number of anilines is 1. The minimum atomic E-state index is 0.580. The zero-order valence-electron chi connectivity index (χ0n) is 9.90. The molecule has 0 aliphatic rings. The molecule has 1 aromatic rings. The fraction of sp³-hybridized carbons (Fsp3) is 0.583. The lowest BCUT2D eigenvalue weighted by molar-refractivity contribution is 0.234. The third-order valence-corrected chi connectivity index (χ3v) is 2.78. The second kappa shape index (κ2) is 5.71. The van der Waals surface area contributed by atoms with Gasteiger partial charge in [0.05, 0.1) is 11.4 Å². The molecular formula is C12H21N3. The summed E-state index contributed by atoms with van der Waals surface area (Å²) in [5, 5.41) is 0. The summed E-state index contributed by atoms with van der Waals surface area (Å²) < 4.78 is 0. The molecule has 0 spiro atoms. The summed E-state index contributed by atoms with van der Waals surface area (Å²) in [4.78, 5) is 6.59. The molecule has 0 radical (unpaired) electrons. The molecule has 1 rings (SSSR count). The first kappa shape index (κ1) is 12.0. The van der Waals surface area contributed by atoms with Crippen LogP contribution >= 0.6 is 0 Å². The molecule has 0 amide bonds. The van der Waals surface area contributed by atoms with E-state index < -0.39 is 0 Å². The lowest BCUT2D eigenvalue weighted by Crippen LogP contribution is -2.29. The first-order chi connectivity index (χ1) is 7.15. The highest BCUT2D eigenvalue weighted by Crippen LogP contribution is 2.12. The quantitative estimate of drug-likeness (QED) is 0.805. The van der Waals surface area contributed by atoms with Gasteiger partial charge in [-0.15, -0.1) is 0 Å². The Kier molecular flexibility index (Phi) is 4.56. The molecule has 2 N–H and O–H groups in total. The molecule has 3 heteroatoms. The van der Waals surface area contributed by atoms with Crippen LogP contribution in [0.2, 0.25) is 0 Å². The Morgan fingerprint density at radius 3 is 2.87 bits per heavy atom. The van der Waals surface area contributed by atoms with E-state index in [-0.39, 0.29) is 0 Å². The lowest BCUT2D eigenvalue weighted by atomic mass is 10.1. The van der Waals surface area contributed by atoms with Crippen LogP contribution in [-0.4, -0.2) is 23.0 Å². The van der Waals surface area contributed by atoms with Gasteiger partial charge in [-0.3, -0.25) is 9.88 Å². The summed E-state index contributed by atoms with van der Waals surface area (Å²) in [6.07, 6.45) is 4.22. The van der Waals surface area contributed by atoms with E-state index in [4.69, 9.17) is 5.73 Å². The molecule has 0 aromatic carbocycles. The maximum atomic E-state index is 5.85. The SMILES string of the molecule is CCCC(C)N(C)Cc1ncccc1N. The zero-order valence-corrected chi connectivity index (χ0v) is 9.90. The van der Waals surface area contributed by atoms with Gasteiger partial charge in [0.25, 0.3) is 0 Å². The molecular weight excluding hydrogens is 186 g/mol. The highest BCUT2D eigenvalue weighted by molar-refractivity contribution is 5.41. The van der Waals surface area contributed by atoms with Gasteiger partial charge in [0, 0.05) is 18.8 Å². The third-order valence-electron chi connectivity index (χ3n) is 2.78. The minimum absolute atomic E-state index is 0.580. The van der Waals surface area contributed by atoms with Crippen molar-refractivity contribution in [1.82, 2.24) is 9.88 Å². The number of rotatable bonds is 5. The Morgan fingerprint density at radius 1 is 1.53 bits per heavy atom.